The Bertz CT molecular complexity index is 1310. The first-order valence-corrected chi connectivity index (χ1v) is 11.6. The van der Waals surface area contributed by atoms with Gasteiger partial charge in [0.2, 0.25) is 0 Å². The number of halogens is 1. The van der Waals surface area contributed by atoms with E-state index in [4.69, 9.17) is 19.9 Å². The minimum atomic E-state index is -0.794. The second kappa shape index (κ2) is 9.79. The lowest BCUT2D eigenvalue weighted by molar-refractivity contribution is -0.121. The molecule has 1 aliphatic rings. The van der Waals surface area contributed by atoms with Gasteiger partial charge in [-0.15, -0.1) is 0 Å². The minimum Gasteiger partial charge on any atom is -0.496 e. The Morgan fingerprint density at radius 3 is 2.50 bits per heavy atom. The molecule has 1 atom stereocenters. The SMILES string of the molecule is COCOc1ccc(-c2ccc3c(c2C(N)c2cc(F)ccc2C)N(C)C(=O)C(C)(C)N3)c(OC)c1. The van der Waals surface area contributed by atoms with Gasteiger partial charge in [0.25, 0.3) is 5.91 Å². The molecule has 0 bridgehead atoms. The molecule has 1 amide bonds. The van der Waals surface area contributed by atoms with Crippen LogP contribution < -0.4 is 25.4 Å². The first-order chi connectivity index (χ1) is 17.1. The summed E-state index contributed by atoms with van der Waals surface area (Å²) < 4.78 is 30.6. The Hall–Kier alpha value is -3.62. The summed E-state index contributed by atoms with van der Waals surface area (Å²) in [7, 11) is 4.86. The summed E-state index contributed by atoms with van der Waals surface area (Å²) >= 11 is 0. The van der Waals surface area contributed by atoms with Gasteiger partial charge in [0.05, 0.1) is 24.5 Å². The number of hydrogen-bond donors (Lipinski definition) is 2. The normalized spacial score (nSPS) is 15.2. The van der Waals surface area contributed by atoms with Crippen molar-refractivity contribution in [1.82, 2.24) is 0 Å². The van der Waals surface area contributed by atoms with E-state index in [1.807, 2.05) is 45.0 Å². The van der Waals surface area contributed by atoms with Crippen molar-refractivity contribution in [2.24, 2.45) is 5.73 Å². The van der Waals surface area contributed by atoms with Crippen molar-refractivity contribution < 1.29 is 23.4 Å². The molecule has 8 heteroatoms. The largest absolute Gasteiger partial charge is 0.496 e. The second-order valence-electron chi connectivity index (χ2n) is 9.43. The lowest BCUT2D eigenvalue weighted by atomic mass is 9.85. The number of rotatable bonds is 7. The summed E-state index contributed by atoms with van der Waals surface area (Å²) in [5.41, 5.74) is 11.2. The Balaban J connectivity index is 1.99. The number of amides is 1. The molecule has 0 spiro atoms. The maximum absolute atomic E-state index is 14.3. The van der Waals surface area contributed by atoms with Gasteiger partial charge >= 0.3 is 0 Å². The zero-order chi connectivity index (χ0) is 26.2. The van der Waals surface area contributed by atoms with Crippen molar-refractivity contribution in [2.45, 2.75) is 32.4 Å². The first kappa shape index (κ1) is 25.5. The van der Waals surface area contributed by atoms with Gasteiger partial charge in [-0.2, -0.15) is 0 Å². The van der Waals surface area contributed by atoms with E-state index in [0.29, 0.717) is 28.3 Å². The van der Waals surface area contributed by atoms with Crippen LogP contribution in [0, 0.1) is 12.7 Å². The van der Waals surface area contributed by atoms with Crippen molar-refractivity contribution in [3.05, 3.63) is 71.0 Å². The van der Waals surface area contributed by atoms with Crippen molar-refractivity contribution in [3.63, 3.8) is 0 Å². The molecule has 1 heterocycles. The first-order valence-electron chi connectivity index (χ1n) is 11.6. The zero-order valence-corrected chi connectivity index (χ0v) is 21.4. The molecule has 7 nitrogen and oxygen atoms in total. The maximum Gasteiger partial charge on any atom is 0.251 e. The summed E-state index contributed by atoms with van der Waals surface area (Å²) in [5, 5.41) is 3.34. The van der Waals surface area contributed by atoms with Crippen LogP contribution in [-0.4, -0.2) is 39.5 Å². The topological polar surface area (TPSA) is 86.1 Å². The van der Waals surface area contributed by atoms with Crippen molar-refractivity contribution in [3.8, 4) is 22.6 Å². The van der Waals surface area contributed by atoms with Crippen molar-refractivity contribution >= 4 is 17.3 Å². The van der Waals surface area contributed by atoms with Crippen LogP contribution in [-0.2, 0) is 9.53 Å². The molecule has 0 fully saturated rings. The highest BCUT2D eigenvalue weighted by molar-refractivity contribution is 6.09. The summed E-state index contributed by atoms with van der Waals surface area (Å²) in [6, 6.07) is 13.2. The van der Waals surface area contributed by atoms with Crippen molar-refractivity contribution in [2.75, 3.05) is 38.3 Å². The predicted octanol–water partition coefficient (Wildman–Crippen LogP) is 5.01. The Kier molecular flexibility index (Phi) is 6.93. The van der Waals surface area contributed by atoms with E-state index in [2.05, 4.69) is 5.32 Å². The van der Waals surface area contributed by atoms with Gasteiger partial charge in [0.15, 0.2) is 6.79 Å². The number of ether oxygens (including phenoxy) is 3. The van der Waals surface area contributed by atoms with E-state index in [1.54, 1.807) is 38.3 Å². The number of aryl methyl sites for hydroxylation is 1. The fourth-order valence-electron chi connectivity index (χ4n) is 4.74. The van der Waals surface area contributed by atoms with Gasteiger partial charge in [-0.3, -0.25) is 4.79 Å². The van der Waals surface area contributed by atoms with Gasteiger partial charge in [-0.25, -0.2) is 4.39 Å². The molecule has 1 aliphatic heterocycles. The number of benzene rings is 3. The van der Waals surface area contributed by atoms with Crippen LogP contribution in [0.25, 0.3) is 11.1 Å². The molecule has 0 saturated carbocycles. The third kappa shape index (κ3) is 4.50. The van der Waals surface area contributed by atoms with Crippen LogP contribution in [0.2, 0.25) is 0 Å². The Labute approximate surface area is 211 Å². The number of methoxy groups -OCH3 is 2. The fourth-order valence-corrected chi connectivity index (χ4v) is 4.74. The number of carbonyl (C=O) groups excluding carboxylic acids is 1. The molecular formula is C28H32FN3O4. The predicted molar refractivity (Wildman–Crippen MR) is 139 cm³/mol. The van der Waals surface area contributed by atoms with Crippen LogP contribution in [0.5, 0.6) is 11.5 Å². The number of nitrogens with zero attached hydrogens (tertiary/aromatic N) is 1. The lowest BCUT2D eigenvalue weighted by Crippen LogP contribution is -2.53. The number of hydrogen-bond acceptors (Lipinski definition) is 6. The van der Waals surface area contributed by atoms with E-state index in [0.717, 1.165) is 22.4 Å². The van der Waals surface area contributed by atoms with Gasteiger partial charge in [-0.05, 0) is 67.8 Å². The molecule has 3 N–H and O–H groups in total. The molecule has 3 aromatic carbocycles. The molecule has 3 aromatic rings. The molecule has 0 aromatic heterocycles. The zero-order valence-electron chi connectivity index (χ0n) is 21.4. The monoisotopic (exact) mass is 493 g/mol. The summed E-state index contributed by atoms with van der Waals surface area (Å²) in [6.45, 7) is 5.66. The molecular weight excluding hydrogens is 461 g/mol. The van der Waals surface area contributed by atoms with E-state index in [9.17, 15) is 9.18 Å². The van der Waals surface area contributed by atoms with Gasteiger partial charge < -0.3 is 30.2 Å². The molecule has 4 rings (SSSR count). The molecule has 1 unspecified atom stereocenters. The highest BCUT2D eigenvalue weighted by Gasteiger charge is 2.39. The summed E-state index contributed by atoms with van der Waals surface area (Å²) in [5.74, 6) is 0.661. The highest BCUT2D eigenvalue weighted by atomic mass is 19.1. The summed E-state index contributed by atoms with van der Waals surface area (Å²) in [6.07, 6.45) is 0. The number of nitrogens with two attached hydrogens (primary N) is 1. The third-order valence-electron chi connectivity index (χ3n) is 6.53. The van der Waals surface area contributed by atoms with Crippen LogP contribution >= 0.6 is 0 Å². The maximum atomic E-state index is 14.3. The van der Waals surface area contributed by atoms with Crippen LogP contribution in [0.4, 0.5) is 15.8 Å². The van der Waals surface area contributed by atoms with E-state index in [1.165, 1.54) is 12.1 Å². The number of carbonyl (C=O) groups is 1. The van der Waals surface area contributed by atoms with Gasteiger partial charge in [-0.1, -0.05) is 12.1 Å². The Morgan fingerprint density at radius 1 is 1.08 bits per heavy atom. The van der Waals surface area contributed by atoms with Crippen molar-refractivity contribution in [1.29, 1.82) is 0 Å². The highest BCUT2D eigenvalue weighted by Crippen LogP contribution is 2.47. The Morgan fingerprint density at radius 2 is 1.81 bits per heavy atom. The van der Waals surface area contributed by atoms with Gasteiger partial charge in [0.1, 0.15) is 22.9 Å². The average Bonchev–Trinajstić information content (AvgIpc) is 2.86. The van der Waals surface area contributed by atoms with E-state index < -0.39 is 11.6 Å². The molecule has 0 saturated heterocycles. The van der Waals surface area contributed by atoms with Crippen LogP contribution in [0.3, 0.4) is 0 Å². The lowest BCUT2D eigenvalue weighted by Gasteiger charge is -2.40. The minimum absolute atomic E-state index is 0.102. The molecule has 190 valence electrons. The van der Waals surface area contributed by atoms with E-state index >= 15 is 0 Å². The number of nitrogens with one attached hydrogen (secondary N) is 1. The van der Waals surface area contributed by atoms with Crippen LogP contribution in [0.1, 0.15) is 36.6 Å². The average molecular weight is 494 g/mol. The molecule has 0 aliphatic carbocycles. The number of likely N-dealkylation sites (N-methyl/N-ethyl adjacent to an activating group) is 1. The quantitative estimate of drug-likeness (QED) is 0.450. The molecule has 0 radical (unpaired) electrons. The fraction of sp³-hybridized carbons (Fsp3) is 0.321. The van der Waals surface area contributed by atoms with E-state index in [-0.39, 0.29) is 18.5 Å². The molecule has 36 heavy (non-hydrogen) atoms. The standard InChI is InChI=1S/C28H32FN3O4/c1-16-7-8-17(29)13-21(16)25(30)24-20(19-10-9-18(36-15-34-5)14-23(19)35-6)11-12-22-26(24)32(4)27(33)28(2,3)31-22/h7-14,25,31H,15,30H2,1-6H3. The smallest absolute Gasteiger partial charge is 0.251 e. The number of anilines is 2. The second-order valence-corrected chi connectivity index (χ2v) is 9.43. The summed E-state index contributed by atoms with van der Waals surface area (Å²) in [4.78, 5) is 14.9. The van der Waals surface area contributed by atoms with Crippen LogP contribution in [0.15, 0.2) is 48.5 Å². The van der Waals surface area contributed by atoms with Gasteiger partial charge in [0, 0.05) is 31.4 Å². The third-order valence-corrected chi connectivity index (χ3v) is 6.53. The number of fused-ring (bicyclic) bond motifs is 1.